The summed E-state index contributed by atoms with van der Waals surface area (Å²) in [5, 5.41) is 19.2. The second-order valence-electron chi connectivity index (χ2n) is 7.77. The predicted molar refractivity (Wildman–Crippen MR) is 124 cm³/mol. The summed E-state index contributed by atoms with van der Waals surface area (Å²) >= 11 is 0. The molecule has 2 aromatic heterocycles. The van der Waals surface area contributed by atoms with Crippen molar-refractivity contribution in [2.24, 2.45) is 0 Å². The molecule has 0 bridgehead atoms. The first-order chi connectivity index (χ1) is 16.7. The number of hydrogen-bond acceptors (Lipinski definition) is 8. The Morgan fingerprint density at radius 1 is 1.00 bits per heavy atom. The zero-order valence-electron chi connectivity index (χ0n) is 18.7. The van der Waals surface area contributed by atoms with Crippen LogP contribution in [0.2, 0.25) is 0 Å². The molecule has 0 spiro atoms. The summed E-state index contributed by atoms with van der Waals surface area (Å²) in [6, 6.07) is 17.1. The van der Waals surface area contributed by atoms with E-state index in [4.69, 9.17) is 14.2 Å². The fraction of sp³-hybridized carbons (Fsp3) is 0.250. The molecule has 2 aromatic carbocycles. The minimum Gasteiger partial charge on any atom is -0.497 e. The average Bonchev–Trinajstić information content (AvgIpc) is 3.51. The summed E-state index contributed by atoms with van der Waals surface area (Å²) in [7, 11) is 1.62. The molecule has 0 saturated heterocycles. The number of ether oxygens (including phenoxy) is 3. The molecule has 5 rings (SSSR count). The van der Waals surface area contributed by atoms with Crippen molar-refractivity contribution in [3.05, 3.63) is 71.5 Å². The van der Waals surface area contributed by atoms with Crippen molar-refractivity contribution >= 4 is 17.4 Å². The molecule has 1 aliphatic rings. The van der Waals surface area contributed by atoms with E-state index in [2.05, 4.69) is 25.9 Å². The van der Waals surface area contributed by atoms with E-state index in [0.29, 0.717) is 36.8 Å². The third-order valence-electron chi connectivity index (χ3n) is 5.46. The number of rotatable bonds is 9. The molecule has 174 valence electrons. The highest BCUT2D eigenvalue weighted by Gasteiger charge is 2.14. The average molecular weight is 460 g/mol. The number of aromatic nitrogens is 4. The van der Waals surface area contributed by atoms with Gasteiger partial charge in [-0.05, 0) is 47.5 Å². The molecule has 10 heteroatoms. The largest absolute Gasteiger partial charge is 0.497 e. The van der Waals surface area contributed by atoms with Crippen LogP contribution in [0.15, 0.2) is 54.6 Å². The first-order valence-electron chi connectivity index (χ1n) is 10.9. The van der Waals surface area contributed by atoms with Gasteiger partial charge in [0.05, 0.1) is 7.11 Å². The minimum atomic E-state index is -0.0651. The number of hydrogen-bond donors (Lipinski definition) is 2. The number of amides is 1. The Hall–Kier alpha value is -4.34. The predicted octanol–water partition coefficient (Wildman–Crippen LogP) is 2.72. The zero-order valence-corrected chi connectivity index (χ0v) is 18.7. The van der Waals surface area contributed by atoms with E-state index in [0.717, 1.165) is 28.4 Å². The van der Waals surface area contributed by atoms with Crippen LogP contribution < -0.4 is 24.8 Å². The third kappa shape index (κ3) is 4.85. The first-order valence-corrected chi connectivity index (χ1v) is 10.9. The summed E-state index contributed by atoms with van der Waals surface area (Å²) in [6.07, 6.45) is 0.710. The summed E-state index contributed by atoms with van der Waals surface area (Å²) < 4.78 is 17.6. The number of nitrogens with one attached hydrogen (secondary N) is 2. The fourth-order valence-corrected chi connectivity index (χ4v) is 3.58. The van der Waals surface area contributed by atoms with E-state index < -0.39 is 0 Å². The maximum Gasteiger partial charge on any atom is 0.231 e. The summed E-state index contributed by atoms with van der Waals surface area (Å²) in [5.74, 6) is 3.52. The maximum atomic E-state index is 12.3. The number of carbonyl (C=O) groups is 1. The number of nitrogens with zero attached hydrogens (tertiary/aromatic N) is 4. The lowest BCUT2D eigenvalue weighted by Crippen LogP contribution is -2.23. The van der Waals surface area contributed by atoms with E-state index in [1.54, 1.807) is 11.6 Å². The van der Waals surface area contributed by atoms with E-state index in [1.165, 1.54) is 0 Å². The normalized spacial score (nSPS) is 12.0. The molecule has 2 N–H and O–H groups in total. The lowest BCUT2D eigenvalue weighted by molar-refractivity contribution is -0.121. The molecule has 0 aliphatic carbocycles. The molecule has 1 aliphatic heterocycles. The number of fused-ring (bicyclic) bond motifs is 2. The van der Waals surface area contributed by atoms with E-state index in [1.807, 2.05) is 54.6 Å². The van der Waals surface area contributed by atoms with Gasteiger partial charge in [-0.3, -0.25) is 4.79 Å². The molecule has 0 fully saturated rings. The summed E-state index contributed by atoms with van der Waals surface area (Å²) in [6.45, 7) is 1.27. The van der Waals surface area contributed by atoms with E-state index in [-0.39, 0.29) is 19.1 Å². The van der Waals surface area contributed by atoms with Crippen LogP contribution in [0.4, 0.5) is 5.82 Å². The number of aryl methyl sites for hydroxylation is 1. The Morgan fingerprint density at radius 3 is 2.68 bits per heavy atom. The van der Waals surface area contributed by atoms with E-state index >= 15 is 0 Å². The van der Waals surface area contributed by atoms with Crippen LogP contribution in [0.1, 0.15) is 23.4 Å². The molecule has 0 unspecified atom stereocenters. The van der Waals surface area contributed by atoms with Gasteiger partial charge < -0.3 is 24.8 Å². The molecule has 34 heavy (non-hydrogen) atoms. The van der Waals surface area contributed by atoms with Crippen molar-refractivity contribution in [3.8, 4) is 17.2 Å². The number of methoxy groups -OCH3 is 1. The molecular formula is C24H24N6O4. The van der Waals surface area contributed by atoms with Gasteiger partial charge in [0.25, 0.3) is 0 Å². The number of anilines is 1. The van der Waals surface area contributed by atoms with Crippen LogP contribution >= 0.6 is 0 Å². The summed E-state index contributed by atoms with van der Waals surface area (Å²) in [4.78, 5) is 12.3. The molecule has 4 aromatic rings. The standard InChI is InChI=1S/C24H24N6O4/c1-32-18-5-2-16(3-6-18)13-26-24(31)11-10-23-28-27-22-9-8-21(29-30(22)23)25-14-17-4-7-19-20(12-17)34-15-33-19/h2-9,12H,10-11,13-15H2,1H3,(H,25,29)(H,26,31). The molecule has 1 amide bonds. The smallest absolute Gasteiger partial charge is 0.231 e. The SMILES string of the molecule is COc1ccc(CNC(=O)CCc2nnc3ccc(NCc4ccc5c(c4)OCO5)nn23)cc1. The lowest BCUT2D eigenvalue weighted by Gasteiger charge is -2.08. The van der Waals surface area contributed by atoms with Crippen LogP contribution in [-0.4, -0.2) is 39.6 Å². The monoisotopic (exact) mass is 460 g/mol. The van der Waals surface area contributed by atoms with Crippen molar-refractivity contribution in [2.45, 2.75) is 25.9 Å². The summed E-state index contributed by atoms with van der Waals surface area (Å²) in [5.41, 5.74) is 2.67. The second-order valence-corrected chi connectivity index (χ2v) is 7.77. The Labute approximate surface area is 195 Å². The number of benzene rings is 2. The number of carbonyl (C=O) groups excluding carboxylic acids is 1. The van der Waals surface area contributed by atoms with Crippen molar-refractivity contribution in [3.63, 3.8) is 0 Å². The Bertz CT molecular complexity index is 1300. The van der Waals surface area contributed by atoms with Gasteiger partial charge in [0, 0.05) is 25.9 Å². The molecule has 0 saturated carbocycles. The Morgan fingerprint density at radius 2 is 1.82 bits per heavy atom. The van der Waals surface area contributed by atoms with Crippen LogP contribution in [0.5, 0.6) is 17.2 Å². The van der Waals surface area contributed by atoms with Gasteiger partial charge >= 0.3 is 0 Å². The van der Waals surface area contributed by atoms with Crippen LogP contribution in [0.25, 0.3) is 5.65 Å². The molecule has 0 radical (unpaired) electrons. The van der Waals surface area contributed by atoms with Crippen molar-refractivity contribution in [1.29, 1.82) is 0 Å². The third-order valence-corrected chi connectivity index (χ3v) is 5.46. The topological polar surface area (TPSA) is 112 Å². The fourth-order valence-electron chi connectivity index (χ4n) is 3.58. The zero-order chi connectivity index (χ0) is 23.3. The minimum absolute atomic E-state index is 0.0651. The molecular weight excluding hydrogens is 436 g/mol. The molecule has 10 nitrogen and oxygen atoms in total. The molecule has 0 atom stereocenters. The van der Waals surface area contributed by atoms with Gasteiger partial charge in [0.15, 0.2) is 23.0 Å². The molecule has 3 heterocycles. The maximum absolute atomic E-state index is 12.3. The van der Waals surface area contributed by atoms with Crippen LogP contribution in [-0.2, 0) is 24.3 Å². The second kappa shape index (κ2) is 9.65. The van der Waals surface area contributed by atoms with Gasteiger partial charge in [-0.2, -0.15) is 4.52 Å². The van der Waals surface area contributed by atoms with E-state index in [9.17, 15) is 4.79 Å². The Kier molecular flexibility index (Phi) is 6.11. The Balaban J connectivity index is 1.17. The highest BCUT2D eigenvalue weighted by atomic mass is 16.7. The highest BCUT2D eigenvalue weighted by Crippen LogP contribution is 2.32. The lowest BCUT2D eigenvalue weighted by atomic mass is 10.2. The van der Waals surface area contributed by atoms with Gasteiger partial charge in [-0.15, -0.1) is 15.3 Å². The van der Waals surface area contributed by atoms with Gasteiger partial charge in [0.2, 0.25) is 12.7 Å². The van der Waals surface area contributed by atoms with Gasteiger partial charge in [-0.25, -0.2) is 0 Å². The van der Waals surface area contributed by atoms with Crippen LogP contribution in [0.3, 0.4) is 0 Å². The first kappa shape index (κ1) is 21.5. The van der Waals surface area contributed by atoms with Crippen molar-refractivity contribution in [2.75, 3.05) is 19.2 Å². The van der Waals surface area contributed by atoms with Gasteiger partial charge in [0.1, 0.15) is 11.6 Å². The van der Waals surface area contributed by atoms with Crippen molar-refractivity contribution < 1.29 is 19.0 Å². The quantitative estimate of drug-likeness (QED) is 0.392. The van der Waals surface area contributed by atoms with Crippen molar-refractivity contribution in [1.82, 2.24) is 25.1 Å². The highest BCUT2D eigenvalue weighted by molar-refractivity contribution is 5.76. The van der Waals surface area contributed by atoms with Crippen LogP contribution in [0, 0.1) is 0 Å². The van der Waals surface area contributed by atoms with Gasteiger partial charge in [-0.1, -0.05) is 18.2 Å².